The van der Waals surface area contributed by atoms with Gasteiger partial charge in [-0.3, -0.25) is 4.79 Å². The summed E-state index contributed by atoms with van der Waals surface area (Å²) in [7, 11) is 0. The van der Waals surface area contributed by atoms with Crippen LogP contribution in [0.2, 0.25) is 0 Å². The number of hydrazone groups is 1. The molecule has 3 heteroatoms. The first-order chi connectivity index (χ1) is 7.16. The number of allylic oxidation sites excluding steroid dienone is 2. The molecule has 0 aromatic carbocycles. The fourth-order valence-corrected chi connectivity index (χ4v) is 2.21. The predicted octanol–water partition coefficient (Wildman–Crippen LogP) is 2.10. The van der Waals surface area contributed by atoms with E-state index in [4.69, 9.17) is 0 Å². The van der Waals surface area contributed by atoms with Crippen LogP contribution in [-0.4, -0.2) is 11.6 Å². The van der Waals surface area contributed by atoms with Crippen LogP contribution in [0, 0.1) is 17.8 Å². The van der Waals surface area contributed by atoms with Gasteiger partial charge in [0.25, 0.3) is 0 Å². The zero-order valence-corrected chi connectivity index (χ0v) is 9.36. The second kappa shape index (κ2) is 4.17. The highest BCUT2D eigenvalue weighted by atomic mass is 16.2. The molecule has 1 N–H and O–H groups in total. The smallest absolute Gasteiger partial charge is 0.240 e. The van der Waals surface area contributed by atoms with E-state index in [0.29, 0.717) is 24.2 Å². The first-order valence-corrected chi connectivity index (χ1v) is 5.68. The van der Waals surface area contributed by atoms with Gasteiger partial charge >= 0.3 is 0 Å². The maximum absolute atomic E-state index is 11.4. The summed E-state index contributed by atoms with van der Waals surface area (Å²) in [6, 6.07) is 0. The number of carbonyl (C=O) groups excluding carboxylic acids is 1. The van der Waals surface area contributed by atoms with Gasteiger partial charge in [-0.1, -0.05) is 26.0 Å². The van der Waals surface area contributed by atoms with E-state index >= 15 is 0 Å². The van der Waals surface area contributed by atoms with Crippen molar-refractivity contribution in [3.63, 3.8) is 0 Å². The number of carbonyl (C=O) groups is 1. The van der Waals surface area contributed by atoms with Gasteiger partial charge in [0.15, 0.2) is 0 Å². The van der Waals surface area contributed by atoms with Gasteiger partial charge in [0.05, 0.1) is 0 Å². The maximum Gasteiger partial charge on any atom is 0.240 e. The molecule has 1 fully saturated rings. The summed E-state index contributed by atoms with van der Waals surface area (Å²) in [5.41, 5.74) is 3.82. The lowest BCUT2D eigenvalue weighted by atomic mass is 9.74. The Morgan fingerprint density at radius 2 is 2.47 bits per heavy atom. The molecule has 0 heterocycles. The highest BCUT2D eigenvalue weighted by molar-refractivity contribution is 5.94. The molecule has 2 atom stereocenters. The molecule has 3 nitrogen and oxygen atoms in total. The van der Waals surface area contributed by atoms with Gasteiger partial charge in [-0.15, -0.1) is 0 Å². The van der Waals surface area contributed by atoms with Gasteiger partial charge in [-0.2, -0.15) is 5.10 Å². The number of rotatable bonds is 3. The highest BCUT2D eigenvalue weighted by Gasteiger charge is 2.37. The van der Waals surface area contributed by atoms with Gasteiger partial charge in [-0.05, 0) is 24.7 Å². The molecule has 0 bridgehead atoms. The number of hydrogen-bond acceptors (Lipinski definition) is 2. The largest absolute Gasteiger partial charge is 0.273 e. The van der Waals surface area contributed by atoms with Crippen molar-refractivity contribution in [2.45, 2.75) is 33.1 Å². The Kier molecular flexibility index (Phi) is 2.89. The van der Waals surface area contributed by atoms with E-state index in [9.17, 15) is 4.79 Å². The second-order valence-corrected chi connectivity index (χ2v) is 4.87. The Bertz CT molecular complexity index is 318. The molecule has 0 aliphatic heterocycles. The third kappa shape index (κ3) is 2.28. The van der Waals surface area contributed by atoms with E-state index in [1.165, 1.54) is 5.71 Å². The number of amides is 1. The summed E-state index contributed by atoms with van der Waals surface area (Å²) < 4.78 is 0. The Morgan fingerprint density at radius 1 is 1.67 bits per heavy atom. The minimum absolute atomic E-state index is 0.0342. The second-order valence-electron chi connectivity index (χ2n) is 4.87. The van der Waals surface area contributed by atoms with Crippen molar-refractivity contribution in [3.05, 3.63) is 12.2 Å². The minimum Gasteiger partial charge on any atom is -0.273 e. The summed E-state index contributed by atoms with van der Waals surface area (Å²) in [5.74, 6) is 1.72. The lowest BCUT2D eigenvalue weighted by molar-refractivity contribution is -0.121. The zero-order chi connectivity index (χ0) is 10.8. The monoisotopic (exact) mass is 206 g/mol. The normalized spacial score (nSPS) is 30.5. The number of nitrogens with zero attached hydrogens (tertiary/aromatic N) is 1. The van der Waals surface area contributed by atoms with E-state index in [2.05, 4.69) is 22.7 Å². The van der Waals surface area contributed by atoms with E-state index in [0.717, 1.165) is 12.8 Å². The van der Waals surface area contributed by atoms with E-state index in [-0.39, 0.29) is 5.91 Å². The van der Waals surface area contributed by atoms with E-state index in [1.807, 2.05) is 13.8 Å². The predicted molar refractivity (Wildman–Crippen MR) is 60.4 cm³/mol. The molecule has 1 amide bonds. The number of fused-ring (bicyclic) bond motifs is 1. The average molecular weight is 206 g/mol. The molecule has 0 radical (unpaired) electrons. The van der Waals surface area contributed by atoms with Gasteiger partial charge in [0.1, 0.15) is 0 Å². The van der Waals surface area contributed by atoms with Crippen LogP contribution >= 0.6 is 0 Å². The van der Waals surface area contributed by atoms with Crippen LogP contribution in [0.4, 0.5) is 0 Å². The van der Waals surface area contributed by atoms with Crippen LogP contribution in [0.3, 0.4) is 0 Å². The molecular formula is C12H18N2O. The molecule has 0 aromatic rings. The maximum atomic E-state index is 11.4. The van der Waals surface area contributed by atoms with Crippen LogP contribution < -0.4 is 5.43 Å². The summed E-state index contributed by atoms with van der Waals surface area (Å²) in [4.78, 5) is 11.4. The highest BCUT2D eigenvalue weighted by Crippen LogP contribution is 2.39. The molecule has 15 heavy (non-hydrogen) atoms. The van der Waals surface area contributed by atoms with Crippen LogP contribution in [0.5, 0.6) is 0 Å². The SMILES string of the molecule is CC(C)CC(=O)NN=C1CC2C=CCC12. The van der Waals surface area contributed by atoms with Crippen LogP contribution in [0.25, 0.3) is 0 Å². The van der Waals surface area contributed by atoms with Crippen molar-refractivity contribution in [3.8, 4) is 0 Å². The van der Waals surface area contributed by atoms with Gasteiger partial charge in [0, 0.05) is 18.1 Å². The molecule has 2 aliphatic carbocycles. The van der Waals surface area contributed by atoms with Crippen molar-refractivity contribution < 1.29 is 4.79 Å². The Balaban J connectivity index is 1.78. The summed E-state index contributed by atoms with van der Waals surface area (Å²) >= 11 is 0. The first-order valence-electron chi connectivity index (χ1n) is 5.68. The summed E-state index contributed by atoms with van der Waals surface area (Å²) in [5, 5.41) is 4.20. The van der Waals surface area contributed by atoms with Crippen molar-refractivity contribution in [2.24, 2.45) is 22.9 Å². The van der Waals surface area contributed by atoms with Crippen molar-refractivity contribution in [1.82, 2.24) is 5.43 Å². The molecular weight excluding hydrogens is 188 g/mol. The average Bonchev–Trinajstić information content (AvgIpc) is 2.46. The van der Waals surface area contributed by atoms with Gasteiger partial charge in [-0.25, -0.2) is 5.43 Å². The van der Waals surface area contributed by atoms with Crippen molar-refractivity contribution >= 4 is 11.6 Å². The number of hydrogen-bond donors (Lipinski definition) is 1. The molecule has 0 saturated heterocycles. The van der Waals surface area contributed by atoms with Crippen LogP contribution in [0.1, 0.15) is 33.1 Å². The molecule has 82 valence electrons. The Hall–Kier alpha value is -1.12. The molecule has 2 rings (SSSR count). The van der Waals surface area contributed by atoms with Crippen LogP contribution in [-0.2, 0) is 4.79 Å². The Labute approximate surface area is 90.6 Å². The zero-order valence-electron chi connectivity index (χ0n) is 9.36. The molecule has 1 saturated carbocycles. The Morgan fingerprint density at radius 3 is 3.13 bits per heavy atom. The van der Waals surface area contributed by atoms with Gasteiger partial charge < -0.3 is 0 Å². The third-order valence-electron chi connectivity index (χ3n) is 3.08. The summed E-state index contributed by atoms with van der Waals surface area (Å²) in [6.45, 7) is 4.07. The van der Waals surface area contributed by atoms with Crippen molar-refractivity contribution in [1.29, 1.82) is 0 Å². The number of nitrogens with one attached hydrogen (secondary N) is 1. The fraction of sp³-hybridized carbons (Fsp3) is 0.667. The summed E-state index contributed by atoms with van der Waals surface area (Å²) in [6.07, 6.45) is 7.17. The van der Waals surface area contributed by atoms with Gasteiger partial charge in [0.2, 0.25) is 5.91 Å². The fourth-order valence-electron chi connectivity index (χ4n) is 2.21. The first kappa shape index (κ1) is 10.4. The molecule has 2 unspecified atom stereocenters. The van der Waals surface area contributed by atoms with Crippen LogP contribution in [0.15, 0.2) is 17.3 Å². The third-order valence-corrected chi connectivity index (χ3v) is 3.08. The lowest BCUT2D eigenvalue weighted by Crippen LogP contribution is -2.35. The molecule has 0 spiro atoms. The van der Waals surface area contributed by atoms with E-state index in [1.54, 1.807) is 0 Å². The minimum atomic E-state index is 0.0342. The topological polar surface area (TPSA) is 41.5 Å². The van der Waals surface area contributed by atoms with Crippen molar-refractivity contribution in [2.75, 3.05) is 0 Å². The lowest BCUT2D eigenvalue weighted by Gasteiger charge is -2.31. The molecule has 0 aromatic heterocycles. The quantitative estimate of drug-likeness (QED) is 0.557. The standard InChI is InChI=1S/C12H18N2O/c1-8(2)6-12(15)14-13-11-7-9-4-3-5-10(9)11/h3-4,8-10H,5-7H2,1-2H3,(H,14,15). The molecule has 2 aliphatic rings. The van der Waals surface area contributed by atoms with E-state index < -0.39 is 0 Å².